The highest BCUT2D eigenvalue weighted by molar-refractivity contribution is 7.57. The average Bonchev–Trinajstić information content (AvgIpc) is 3.95. The second-order valence-corrected chi connectivity index (χ2v) is 17.9. The summed E-state index contributed by atoms with van der Waals surface area (Å²) in [4.78, 5) is 62.0. The minimum absolute atomic E-state index is 0.0123. The lowest BCUT2D eigenvalue weighted by Gasteiger charge is -2.48. The number of urea groups is 1. The van der Waals surface area contributed by atoms with Crippen LogP contribution < -0.4 is 31.1 Å². The molecule has 7 heterocycles. The van der Waals surface area contributed by atoms with E-state index in [4.69, 9.17) is 14.7 Å². The molecule has 4 atom stereocenters. The fourth-order valence-corrected chi connectivity index (χ4v) is 12.0. The number of methoxy groups -OCH3 is 1. The third-order valence-corrected chi connectivity index (χ3v) is 14.1. The molecule has 3 saturated heterocycles. The largest absolute Gasteiger partial charge is 0.479 e. The van der Waals surface area contributed by atoms with Gasteiger partial charge in [-0.3, -0.25) is 19.1 Å². The maximum absolute atomic E-state index is 13.4. The minimum Gasteiger partial charge on any atom is -0.479 e. The van der Waals surface area contributed by atoms with Gasteiger partial charge in [0, 0.05) is 61.6 Å². The van der Waals surface area contributed by atoms with Gasteiger partial charge in [0.1, 0.15) is 17.2 Å². The predicted molar refractivity (Wildman–Crippen MR) is 206 cm³/mol. The van der Waals surface area contributed by atoms with Crippen LogP contribution in [0.1, 0.15) is 55.6 Å². The first kappa shape index (κ1) is 35.2. The number of nitrogens with zero attached hydrogens (tertiary/aromatic N) is 7. The van der Waals surface area contributed by atoms with Crippen LogP contribution in [0.15, 0.2) is 47.5 Å². The lowest BCUT2D eigenvalue weighted by Crippen LogP contribution is -2.59. The third-order valence-electron chi connectivity index (χ3n) is 10.8. The van der Waals surface area contributed by atoms with Crippen LogP contribution in [0.25, 0.3) is 16.7 Å². The van der Waals surface area contributed by atoms with Gasteiger partial charge in [0.15, 0.2) is 5.65 Å². The van der Waals surface area contributed by atoms with Gasteiger partial charge >= 0.3 is 6.03 Å². The number of carbonyl (C=O) groups excluding carboxylic acids is 2. The van der Waals surface area contributed by atoms with Crippen LogP contribution in [0.5, 0.6) is 5.88 Å². The normalized spacial score (nSPS) is 24.1. The Labute approximate surface area is 309 Å². The number of aryl methyl sites for hydroxylation is 1. The zero-order valence-electron chi connectivity index (χ0n) is 30.8. The van der Waals surface area contributed by atoms with Gasteiger partial charge < -0.3 is 30.5 Å². The van der Waals surface area contributed by atoms with Crippen LogP contribution in [-0.2, 0) is 0 Å². The van der Waals surface area contributed by atoms with Crippen molar-refractivity contribution in [3.05, 3.63) is 64.3 Å². The fraction of sp³-hybridized carbons (Fsp3) is 0.500. The van der Waals surface area contributed by atoms with Crippen molar-refractivity contribution in [2.24, 2.45) is 11.8 Å². The molecule has 4 aliphatic rings. The lowest BCUT2D eigenvalue weighted by atomic mass is 9.85. The first-order valence-corrected chi connectivity index (χ1v) is 20.5. The molecular weight excluding hydrogens is 691 g/mol. The van der Waals surface area contributed by atoms with Crippen molar-refractivity contribution in [3.8, 4) is 11.6 Å². The average molecular weight is 739 g/mol. The maximum atomic E-state index is 13.4. The molecule has 15 heteroatoms. The molecule has 8 rings (SSSR count). The van der Waals surface area contributed by atoms with E-state index in [9.17, 15) is 14.4 Å². The molecule has 4 fully saturated rings. The number of carbonyl (C=O) groups is 2. The van der Waals surface area contributed by atoms with Crippen LogP contribution in [0.4, 0.5) is 22.2 Å². The highest BCUT2D eigenvalue weighted by Gasteiger charge is 2.42. The molecule has 0 spiro atoms. The molecule has 4 aromatic heterocycles. The van der Waals surface area contributed by atoms with Crippen LogP contribution in [0.3, 0.4) is 0 Å². The molecule has 1 saturated carbocycles. The molecule has 14 nitrogen and oxygen atoms in total. The first-order chi connectivity index (χ1) is 25.5. The summed E-state index contributed by atoms with van der Waals surface area (Å²) in [7, 11) is 1.57. The maximum Gasteiger partial charge on any atom is 0.317 e. The summed E-state index contributed by atoms with van der Waals surface area (Å²) in [6, 6.07) is 8.82. The van der Waals surface area contributed by atoms with E-state index in [1.54, 1.807) is 25.4 Å². The molecule has 3 N–H and O–H groups in total. The van der Waals surface area contributed by atoms with Gasteiger partial charge in [0.05, 0.1) is 12.8 Å². The summed E-state index contributed by atoms with van der Waals surface area (Å²) in [5, 5.41) is 10.3. The van der Waals surface area contributed by atoms with Crippen molar-refractivity contribution in [2.75, 3.05) is 62.0 Å². The lowest BCUT2D eigenvalue weighted by molar-refractivity contribution is 0.0946. The smallest absolute Gasteiger partial charge is 0.317 e. The Bertz CT molecular complexity index is 2100. The molecule has 1 aliphatic carbocycles. The van der Waals surface area contributed by atoms with Crippen molar-refractivity contribution in [1.82, 2.24) is 40.0 Å². The summed E-state index contributed by atoms with van der Waals surface area (Å²) in [5.74, 6) is 2.65. The molecule has 3 aliphatic heterocycles. The SMILES string of the molecule is COc1nc(N2CCN(C(=O)NC3(C)CC4CC(C)CP(C4)C3)CC2)ccc1Nc1ncc2c(C)cc(=O)n(-c3ccnc(C(=O)NC4CC4)c3)c2n1. The Morgan fingerprint density at radius 3 is 2.60 bits per heavy atom. The number of ether oxygens (including phenoxy) is 1. The van der Waals surface area contributed by atoms with Crippen molar-refractivity contribution in [1.29, 1.82) is 0 Å². The fourth-order valence-electron chi connectivity index (χ4n) is 8.35. The number of amides is 3. The highest BCUT2D eigenvalue weighted by atomic mass is 31.1. The van der Waals surface area contributed by atoms with Crippen molar-refractivity contribution < 1.29 is 14.3 Å². The highest BCUT2D eigenvalue weighted by Crippen LogP contribution is 2.54. The third kappa shape index (κ3) is 7.51. The topological polar surface area (TPSA) is 160 Å². The number of hydrogen-bond donors (Lipinski definition) is 3. The number of hydrogen-bond acceptors (Lipinski definition) is 10. The second-order valence-electron chi connectivity index (χ2n) is 15.5. The number of nitrogens with one attached hydrogen (secondary N) is 3. The zero-order valence-corrected chi connectivity index (χ0v) is 31.7. The number of rotatable bonds is 8. The van der Waals surface area contributed by atoms with Crippen molar-refractivity contribution in [2.45, 2.75) is 58.0 Å². The van der Waals surface area contributed by atoms with E-state index < -0.39 is 0 Å². The molecule has 2 bridgehead atoms. The second kappa shape index (κ2) is 14.2. The van der Waals surface area contributed by atoms with Crippen molar-refractivity contribution >= 4 is 48.3 Å². The van der Waals surface area contributed by atoms with E-state index in [1.165, 1.54) is 35.6 Å². The minimum atomic E-state index is -0.290. The zero-order chi connectivity index (χ0) is 36.9. The first-order valence-electron chi connectivity index (χ1n) is 18.6. The summed E-state index contributed by atoms with van der Waals surface area (Å²) < 4.78 is 7.16. The molecule has 4 unspecified atom stereocenters. The van der Waals surface area contributed by atoms with Gasteiger partial charge in [-0.05, 0) is 99.7 Å². The van der Waals surface area contributed by atoms with Crippen LogP contribution >= 0.6 is 7.92 Å². The summed E-state index contributed by atoms with van der Waals surface area (Å²) in [6.45, 7) is 9.00. The number of aromatic nitrogens is 5. The Morgan fingerprint density at radius 2 is 1.85 bits per heavy atom. The Hall–Kier alpha value is -4.84. The molecule has 0 aromatic carbocycles. The molecule has 3 amide bonds. The number of piperazine rings is 1. The van der Waals surface area contributed by atoms with E-state index in [0.29, 0.717) is 54.5 Å². The number of pyridine rings is 3. The standard InChI is InChI=1S/C38H47N10O4P/c1-23-15-25-18-38(3,22-53(20-23)21-25)45-37(51)47-13-11-46(12-14-47)31-8-7-29(35(43-31)52-4)42-36-40-19-28-24(2)16-32(49)48(33(28)44-36)27-9-10-39-30(17-27)34(50)41-26-5-6-26/h7-10,16-17,19,23,25-26H,5-6,11-15,18,20-22H2,1-4H3,(H,41,50)(H,45,51)(H,40,42,44). The summed E-state index contributed by atoms with van der Waals surface area (Å²) in [5.41, 5.74) is 1.98. The van der Waals surface area contributed by atoms with Crippen molar-refractivity contribution in [3.63, 3.8) is 0 Å². The monoisotopic (exact) mass is 738 g/mol. The van der Waals surface area contributed by atoms with E-state index in [0.717, 1.165) is 48.6 Å². The Morgan fingerprint density at radius 1 is 1.04 bits per heavy atom. The van der Waals surface area contributed by atoms with Crippen LogP contribution in [0.2, 0.25) is 0 Å². The molecule has 53 heavy (non-hydrogen) atoms. The quantitative estimate of drug-likeness (QED) is 0.217. The van der Waals surface area contributed by atoms with E-state index in [2.05, 4.69) is 44.7 Å². The summed E-state index contributed by atoms with van der Waals surface area (Å²) in [6.07, 6.45) is 11.3. The molecule has 278 valence electrons. The van der Waals surface area contributed by atoms with E-state index in [1.807, 2.05) is 24.0 Å². The van der Waals surface area contributed by atoms with Gasteiger partial charge in [0.25, 0.3) is 11.5 Å². The summed E-state index contributed by atoms with van der Waals surface area (Å²) >= 11 is 0. The molecule has 4 aromatic rings. The van der Waals surface area contributed by atoms with E-state index in [-0.39, 0.29) is 48.6 Å². The predicted octanol–water partition coefficient (Wildman–Crippen LogP) is 4.66. The van der Waals surface area contributed by atoms with Gasteiger partial charge in [-0.2, -0.15) is 9.97 Å². The van der Waals surface area contributed by atoms with Crippen LogP contribution in [0, 0.1) is 18.8 Å². The van der Waals surface area contributed by atoms with Gasteiger partial charge in [-0.1, -0.05) is 6.92 Å². The Balaban J connectivity index is 0.959. The molecule has 0 radical (unpaired) electrons. The number of anilines is 3. The Kier molecular flexibility index (Phi) is 9.42. The number of fused-ring (bicyclic) bond motifs is 3. The van der Waals surface area contributed by atoms with E-state index >= 15 is 0 Å². The van der Waals surface area contributed by atoms with Crippen LogP contribution in [-0.4, -0.2) is 105 Å². The van der Waals surface area contributed by atoms with Gasteiger partial charge in [-0.15, -0.1) is 7.92 Å². The van der Waals surface area contributed by atoms with Gasteiger partial charge in [-0.25, -0.2) is 9.78 Å². The van der Waals surface area contributed by atoms with Gasteiger partial charge in [0.2, 0.25) is 11.8 Å². The molecular formula is C38H47N10O4P.